The molecule has 0 unspecified atom stereocenters. The minimum atomic E-state index is -1.08. The summed E-state index contributed by atoms with van der Waals surface area (Å²) in [6.45, 7) is 3.49. The van der Waals surface area contributed by atoms with Crippen LogP contribution in [0.25, 0.3) is 0 Å². The topological polar surface area (TPSA) is 107 Å². The number of hydrogen-bond donors (Lipinski definition) is 2. The van der Waals surface area contributed by atoms with Gasteiger partial charge in [-0.3, -0.25) is 9.59 Å². The average molecular weight is 431 g/mol. The zero-order valence-electron chi connectivity index (χ0n) is 16.7. The molecular weight excluding hydrogens is 408 g/mol. The maximum absolute atomic E-state index is 12.6. The SMILES string of the molecule is C=CCOC(=O)CC(=O)Cc1ccc(F)cc1.NC(=CC(=O)O)Cc1ccc(F)cc1. The van der Waals surface area contributed by atoms with E-state index < -0.39 is 11.9 Å². The highest BCUT2D eigenvalue weighted by atomic mass is 19.1. The first-order valence-corrected chi connectivity index (χ1v) is 9.15. The molecular formula is C23H23F2NO5. The fourth-order valence-electron chi connectivity index (χ4n) is 2.30. The molecule has 6 nitrogen and oxygen atoms in total. The molecule has 164 valence electrons. The molecule has 2 rings (SSSR count). The van der Waals surface area contributed by atoms with Crippen LogP contribution >= 0.6 is 0 Å². The summed E-state index contributed by atoms with van der Waals surface area (Å²) in [4.78, 5) is 32.8. The van der Waals surface area contributed by atoms with E-state index in [-0.39, 0.29) is 42.6 Å². The summed E-state index contributed by atoms with van der Waals surface area (Å²) in [5, 5.41) is 8.39. The molecule has 0 saturated heterocycles. The first kappa shape index (κ1) is 25.2. The molecule has 0 aliphatic heterocycles. The highest BCUT2D eigenvalue weighted by molar-refractivity contribution is 5.96. The number of carboxylic acid groups (broad SMARTS) is 1. The van der Waals surface area contributed by atoms with E-state index in [1.54, 1.807) is 12.1 Å². The van der Waals surface area contributed by atoms with Gasteiger partial charge in [-0.2, -0.15) is 0 Å². The molecule has 0 aromatic heterocycles. The van der Waals surface area contributed by atoms with Crippen molar-refractivity contribution in [1.29, 1.82) is 0 Å². The molecule has 3 N–H and O–H groups in total. The van der Waals surface area contributed by atoms with Crippen molar-refractivity contribution in [2.24, 2.45) is 5.73 Å². The number of allylic oxidation sites excluding steroid dienone is 1. The standard InChI is InChI=1S/C13H13FO3.C10H10FNO2/c1-2-7-17-13(16)9-12(15)8-10-3-5-11(14)6-4-10;11-8-3-1-7(2-4-8)5-9(12)6-10(13)14/h2-6H,1,7-9H2;1-4,6H,5,12H2,(H,13,14). The Balaban J connectivity index is 0.000000316. The Morgan fingerprint density at radius 1 is 0.935 bits per heavy atom. The second-order valence-electron chi connectivity index (χ2n) is 6.35. The van der Waals surface area contributed by atoms with Crippen molar-refractivity contribution in [3.05, 3.63) is 95.7 Å². The summed E-state index contributed by atoms with van der Waals surface area (Å²) >= 11 is 0. The fourth-order valence-corrected chi connectivity index (χ4v) is 2.30. The number of Topliss-reactive ketones (excluding diaryl/α,β-unsaturated/α-hetero) is 1. The molecule has 0 aliphatic rings. The van der Waals surface area contributed by atoms with E-state index >= 15 is 0 Å². The lowest BCUT2D eigenvalue weighted by Gasteiger charge is -2.02. The monoisotopic (exact) mass is 431 g/mol. The summed E-state index contributed by atoms with van der Waals surface area (Å²) in [6, 6.07) is 11.3. The normalized spacial score (nSPS) is 10.5. The smallest absolute Gasteiger partial charge is 0.330 e. The van der Waals surface area contributed by atoms with E-state index in [0.717, 1.165) is 11.6 Å². The van der Waals surface area contributed by atoms with Gasteiger partial charge in [0, 0.05) is 24.6 Å². The highest BCUT2D eigenvalue weighted by Crippen LogP contribution is 2.07. The van der Waals surface area contributed by atoms with Gasteiger partial charge in [0.05, 0.1) is 0 Å². The Bertz CT molecular complexity index is 922. The van der Waals surface area contributed by atoms with Crippen LogP contribution in [-0.4, -0.2) is 29.4 Å². The molecule has 0 heterocycles. The maximum atomic E-state index is 12.6. The molecule has 2 aromatic rings. The molecule has 0 fully saturated rings. The van der Waals surface area contributed by atoms with E-state index in [1.807, 2.05) is 0 Å². The number of hydrogen-bond acceptors (Lipinski definition) is 5. The number of rotatable bonds is 9. The Kier molecular flexibility index (Phi) is 10.9. The largest absolute Gasteiger partial charge is 0.478 e. The summed E-state index contributed by atoms with van der Waals surface area (Å²) in [7, 11) is 0. The number of benzene rings is 2. The van der Waals surface area contributed by atoms with Crippen LogP contribution in [0.1, 0.15) is 17.5 Å². The van der Waals surface area contributed by atoms with Gasteiger partial charge >= 0.3 is 11.9 Å². The first-order valence-electron chi connectivity index (χ1n) is 9.15. The first-order chi connectivity index (χ1) is 14.7. The van der Waals surface area contributed by atoms with Crippen LogP contribution in [0.5, 0.6) is 0 Å². The predicted molar refractivity (Wildman–Crippen MR) is 111 cm³/mol. The number of carboxylic acids is 1. The Morgan fingerprint density at radius 3 is 1.87 bits per heavy atom. The number of carbonyl (C=O) groups is 3. The van der Waals surface area contributed by atoms with Gasteiger partial charge in [0.2, 0.25) is 0 Å². The second kappa shape index (κ2) is 13.4. The zero-order valence-corrected chi connectivity index (χ0v) is 16.7. The van der Waals surface area contributed by atoms with E-state index in [2.05, 4.69) is 11.3 Å². The summed E-state index contributed by atoms with van der Waals surface area (Å²) in [6.07, 6.45) is 2.51. The fraction of sp³-hybridized carbons (Fsp3) is 0.174. The minimum Gasteiger partial charge on any atom is -0.478 e. The Hall–Kier alpha value is -3.81. The van der Waals surface area contributed by atoms with Crippen molar-refractivity contribution >= 4 is 17.7 Å². The molecule has 0 aliphatic carbocycles. The molecule has 31 heavy (non-hydrogen) atoms. The van der Waals surface area contributed by atoms with Crippen LogP contribution in [0.3, 0.4) is 0 Å². The lowest BCUT2D eigenvalue weighted by atomic mass is 10.1. The lowest BCUT2D eigenvalue weighted by molar-refractivity contribution is -0.144. The Labute approximate surface area is 178 Å². The molecule has 0 radical (unpaired) electrons. The Morgan fingerprint density at radius 2 is 1.42 bits per heavy atom. The van der Waals surface area contributed by atoms with Crippen LogP contribution in [0.4, 0.5) is 8.78 Å². The van der Waals surface area contributed by atoms with Gasteiger partial charge in [0.25, 0.3) is 0 Å². The predicted octanol–water partition coefficient (Wildman–Crippen LogP) is 3.35. The number of nitrogens with two attached hydrogens (primary N) is 1. The van der Waals surface area contributed by atoms with E-state index in [1.165, 1.54) is 42.5 Å². The van der Waals surface area contributed by atoms with Gasteiger partial charge in [-0.05, 0) is 35.4 Å². The minimum absolute atomic E-state index is 0.0999. The number of halogens is 2. The van der Waals surface area contributed by atoms with Crippen molar-refractivity contribution in [2.75, 3.05) is 6.61 Å². The van der Waals surface area contributed by atoms with Gasteiger partial charge in [-0.25, -0.2) is 13.6 Å². The van der Waals surface area contributed by atoms with Gasteiger partial charge in [0.1, 0.15) is 30.4 Å². The third kappa shape index (κ3) is 11.7. The van der Waals surface area contributed by atoms with Crippen LogP contribution in [-0.2, 0) is 32.0 Å². The van der Waals surface area contributed by atoms with Gasteiger partial charge in [-0.1, -0.05) is 36.9 Å². The average Bonchev–Trinajstić information content (AvgIpc) is 2.70. The third-order valence-electron chi connectivity index (χ3n) is 3.65. The number of esters is 1. The molecule has 8 heteroatoms. The lowest BCUT2D eigenvalue weighted by Crippen LogP contribution is -2.13. The van der Waals surface area contributed by atoms with Crippen molar-refractivity contribution in [3.63, 3.8) is 0 Å². The number of aliphatic carboxylic acids is 1. The highest BCUT2D eigenvalue weighted by Gasteiger charge is 2.11. The number of ketones is 1. The summed E-state index contributed by atoms with van der Waals surface area (Å²) < 4.78 is 29.8. The van der Waals surface area contributed by atoms with Crippen molar-refractivity contribution in [2.45, 2.75) is 19.3 Å². The van der Waals surface area contributed by atoms with E-state index in [9.17, 15) is 23.2 Å². The molecule has 0 bridgehead atoms. The summed E-state index contributed by atoms with van der Waals surface area (Å²) in [5.41, 5.74) is 7.12. The van der Waals surface area contributed by atoms with Crippen LogP contribution in [0, 0.1) is 11.6 Å². The molecule has 2 aromatic carbocycles. The molecule has 0 amide bonds. The van der Waals surface area contributed by atoms with Crippen LogP contribution in [0.15, 0.2) is 73.0 Å². The summed E-state index contributed by atoms with van der Waals surface area (Å²) in [5.74, 6) is -2.59. The second-order valence-corrected chi connectivity index (χ2v) is 6.35. The zero-order chi connectivity index (χ0) is 23.2. The van der Waals surface area contributed by atoms with E-state index in [0.29, 0.717) is 12.0 Å². The number of carbonyl (C=O) groups excluding carboxylic acids is 2. The van der Waals surface area contributed by atoms with Crippen molar-refractivity contribution in [3.8, 4) is 0 Å². The van der Waals surface area contributed by atoms with Crippen LogP contribution in [0.2, 0.25) is 0 Å². The molecule has 0 atom stereocenters. The molecule has 0 saturated carbocycles. The molecule has 0 spiro atoms. The van der Waals surface area contributed by atoms with Gasteiger partial charge < -0.3 is 15.6 Å². The van der Waals surface area contributed by atoms with Crippen molar-refractivity contribution in [1.82, 2.24) is 0 Å². The quantitative estimate of drug-likeness (QED) is 0.273. The third-order valence-corrected chi connectivity index (χ3v) is 3.65. The van der Waals surface area contributed by atoms with E-state index in [4.69, 9.17) is 10.8 Å². The number of ether oxygens (including phenoxy) is 1. The van der Waals surface area contributed by atoms with Gasteiger partial charge in [0.15, 0.2) is 0 Å². The van der Waals surface area contributed by atoms with Crippen LogP contribution < -0.4 is 5.73 Å². The van der Waals surface area contributed by atoms with Gasteiger partial charge in [-0.15, -0.1) is 0 Å². The maximum Gasteiger partial charge on any atom is 0.330 e. The van der Waals surface area contributed by atoms with Crippen molar-refractivity contribution < 1.29 is 33.0 Å².